The third-order valence-corrected chi connectivity index (χ3v) is 5.19. The van der Waals surface area contributed by atoms with Gasteiger partial charge in [0, 0.05) is 18.8 Å². The predicted molar refractivity (Wildman–Crippen MR) is 132 cm³/mol. The van der Waals surface area contributed by atoms with E-state index in [4.69, 9.17) is 0 Å². The lowest BCUT2D eigenvalue weighted by atomic mass is 10.1. The monoisotopic (exact) mass is 451 g/mol. The van der Waals surface area contributed by atoms with Crippen LogP contribution in [0.2, 0.25) is 0 Å². The van der Waals surface area contributed by atoms with Crippen molar-refractivity contribution in [3.8, 4) is 5.75 Å². The molecule has 3 rings (SSSR count). The molecule has 0 radical (unpaired) electrons. The molecule has 0 aromatic heterocycles. The van der Waals surface area contributed by atoms with Gasteiger partial charge in [-0.3, -0.25) is 4.79 Å². The lowest BCUT2D eigenvalue weighted by Crippen LogP contribution is -2.23. The lowest BCUT2D eigenvalue weighted by molar-refractivity contribution is -0.105. The van der Waals surface area contributed by atoms with Crippen LogP contribution in [0.25, 0.3) is 0 Å². The van der Waals surface area contributed by atoms with E-state index in [9.17, 15) is 20.1 Å². The number of nitrogens with one attached hydrogen (secondary N) is 3. The molecule has 0 unspecified atom stereocenters. The molecule has 176 valence electrons. The summed E-state index contributed by atoms with van der Waals surface area (Å²) < 4.78 is 0. The van der Waals surface area contributed by atoms with E-state index in [-0.39, 0.29) is 18.9 Å². The second kappa shape index (κ2) is 13.2. The molecule has 0 bridgehead atoms. The minimum absolute atomic E-state index is 0. The van der Waals surface area contributed by atoms with Gasteiger partial charge in [0.05, 0.1) is 17.9 Å². The number of hydrogen-bond acceptors (Lipinski definition) is 6. The average molecular weight is 452 g/mol. The molecular weight excluding hydrogens is 418 g/mol. The van der Waals surface area contributed by atoms with Gasteiger partial charge in [-0.05, 0) is 53.9 Å². The molecule has 1 amide bonds. The summed E-state index contributed by atoms with van der Waals surface area (Å²) in [4.78, 5) is 10.6. The first-order chi connectivity index (χ1) is 15.6. The Kier molecular flexibility index (Phi) is 10.4. The van der Waals surface area contributed by atoms with Gasteiger partial charge >= 0.3 is 0 Å². The SMILES string of the molecule is C.O=CNc1cc([C@@H](O)CNCCc2ccc(NC[C@H](O)c3ccccc3)cc2)ccc1O. The summed E-state index contributed by atoms with van der Waals surface area (Å²) in [6, 6.07) is 22.2. The minimum atomic E-state index is -0.759. The van der Waals surface area contributed by atoms with E-state index < -0.39 is 12.2 Å². The van der Waals surface area contributed by atoms with Crippen LogP contribution in [0.1, 0.15) is 36.3 Å². The van der Waals surface area contributed by atoms with Crippen LogP contribution in [-0.2, 0) is 11.2 Å². The van der Waals surface area contributed by atoms with Crippen LogP contribution >= 0.6 is 0 Å². The lowest BCUT2D eigenvalue weighted by Gasteiger charge is -2.15. The fourth-order valence-corrected chi connectivity index (χ4v) is 3.33. The molecule has 0 spiro atoms. The molecule has 0 saturated carbocycles. The smallest absolute Gasteiger partial charge is 0.211 e. The van der Waals surface area contributed by atoms with Crippen molar-refractivity contribution >= 4 is 17.8 Å². The van der Waals surface area contributed by atoms with Gasteiger partial charge in [-0.1, -0.05) is 56.0 Å². The Morgan fingerprint density at radius 1 is 0.848 bits per heavy atom. The number of aliphatic hydroxyl groups excluding tert-OH is 2. The van der Waals surface area contributed by atoms with Gasteiger partial charge in [0.15, 0.2) is 0 Å². The molecular formula is C26H33N3O4. The van der Waals surface area contributed by atoms with Crippen LogP contribution < -0.4 is 16.0 Å². The largest absolute Gasteiger partial charge is 0.506 e. The molecule has 0 aliphatic rings. The van der Waals surface area contributed by atoms with Crippen LogP contribution in [0.3, 0.4) is 0 Å². The Morgan fingerprint density at radius 2 is 1.55 bits per heavy atom. The van der Waals surface area contributed by atoms with Gasteiger partial charge in [0.25, 0.3) is 0 Å². The third-order valence-electron chi connectivity index (χ3n) is 5.19. The zero-order valence-corrected chi connectivity index (χ0v) is 17.7. The van der Waals surface area contributed by atoms with E-state index in [0.717, 1.165) is 23.2 Å². The first kappa shape index (κ1) is 25.9. The maximum Gasteiger partial charge on any atom is 0.211 e. The number of carbonyl (C=O) groups is 1. The fourth-order valence-electron chi connectivity index (χ4n) is 3.33. The highest BCUT2D eigenvalue weighted by molar-refractivity contribution is 5.75. The molecule has 0 heterocycles. The molecule has 7 nitrogen and oxygen atoms in total. The number of phenols is 1. The van der Waals surface area contributed by atoms with Gasteiger partial charge in [-0.2, -0.15) is 0 Å². The average Bonchev–Trinajstić information content (AvgIpc) is 2.83. The van der Waals surface area contributed by atoms with Crippen molar-refractivity contribution in [1.82, 2.24) is 5.32 Å². The van der Waals surface area contributed by atoms with Gasteiger partial charge in [0.1, 0.15) is 5.75 Å². The number of benzene rings is 3. The van der Waals surface area contributed by atoms with Crippen LogP contribution in [0.4, 0.5) is 11.4 Å². The maximum absolute atomic E-state index is 10.6. The van der Waals surface area contributed by atoms with E-state index in [0.29, 0.717) is 31.6 Å². The molecule has 0 saturated heterocycles. The summed E-state index contributed by atoms with van der Waals surface area (Å²) in [6.45, 7) is 1.47. The summed E-state index contributed by atoms with van der Waals surface area (Å²) in [5.41, 5.74) is 3.85. The number of aliphatic hydroxyl groups is 2. The first-order valence-electron chi connectivity index (χ1n) is 10.5. The number of anilines is 2. The Bertz CT molecular complexity index is 981. The van der Waals surface area contributed by atoms with E-state index in [1.807, 2.05) is 54.6 Å². The molecule has 3 aromatic rings. The van der Waals surface area contributed by atoms with Crippen molar-refractivity contribution in [3.63, 3.8) is 0 Å². The van der Waals surface area contributed by atoms with Gasteiger partial charge < -0.3 is 31.3 Å². The fraction of sp³-hybridized carbons (Fsp3) is 0.269. The number of hydrogen-bond donors (Lipinski definition) is 6. The normalized spacial score (nSPS) is 12.3. The summed E-state index contributed by atoms with van der Waals surface area (Å²) in [5, 5.41) is 39.1. The standard InChI is InChI=1S/C25H29N3O4.CH4/c29-17-28-22-14-20(8-11-23(22)30)24(31)15-26-13-12-18-6-9-21(10-7-18)27-16-25(32)19-4-2-1-3-5-19;/h1-11,14,17,24-27,30-32H,12-13,15-16H2,(H,28,29);1H4/t24-,25-;/m0./s1. The number of carbonyl (C=O) groups excluding carboxylic acids is 1. The number of phenolic OH excluding ortho intramolecular Hbond substituents is 1. The van der Waals surface area contributed by atoms with Crippen molar-refractivity contribution < 1.29 is 20.1 Å². The second-order valence-corrected chi connectivity index (χ2v) is 7.51. The Balaban J connectivity index is 0.00000385. The highest BCUT2D eigenvalue weighted by atomic mass is 16.3. The Morgan fingerprint density at radius 3 is 2.24 bits per heavy atom. The third kappa shape index (κ3) is 7.91. The number of rotatable bonds is 12. The van der Waals surface area contributed by atoms with Crippen molar-refractivity contribution in [1.29, 1.82) is 0 Å². The number of aromatic hydroxyl groups is 1. The molecule has 0 aliphatic heterocycles. The maximum atomic E-state index is 10.6. The van der Waals surface area contributed by atoms with Crippen LogP contribution in [-0.4, -0.2) is 41.4 Å². The zero-order valence-electron chi connectivity index (χ0n) is 17.7. The van der Waals surface area contributed by atoms with E-state index >= 15 is 0 Å². The van der Waals surface area contributed by atoms with Crippen molar-refractivity contribution in [2.24, 2.45) is 0 Å². The molecule has 33 heavy (non-hydrogen) atoms. The predicted octanol–water partition coefficient (Wildman–Crippen LogP) is 3.61. The van der Waals surface area contributed by atoms with Crippen LogP contribution in [0, 0.1) is 0 Å². The summed E-state index contributed by atoms with van der Waals surface area (Å²) in [5.74, 6) is -0.0477. The Labute approximate surface area is 195 Å². The van der Waals surface area contributed by atoms with E-state index in [1.165, 1.54) is 6.07 Å². The van der Waals surface area contributed by atoms with Crippen molar-refractivity contribution in [3.05, 3.63) is 89.5 Å². The molecule has 0 aliphatic carbocycles. The van der Waals surface area contributed by atoms with Crippen LogP contribution in [0.5, 0.6) is 5.75 Å². The molecule has 6 N–H and O–H groups in total. The zero-order chi connectivity index (χ0) is 22.8. The van der Waals surface area contributed by atoms with Crippen molar-refractivity contribution in [2.45, 2.75) is 26.1 Å². The van der Waals surface area contributed by atoms with E-state index in [1.54, 1.807) is 12.1 Å². The van der Waals surface area contributed by atoms with Gasteiger partial charge in [0.2, 0.25) is 6.41 Å². The molecule has 7 heteroatoms. The number of amides is 1. The topological polar surface area (TPSA) is 114 Å². The summed E-state index contributed by atoms with van der Waals surface area (Å²) >= 11 is 0. The highest BCUT2D eigenvalue weighted by Crippen LogP contribution is 2.26. The van der Waals surface area contributed by atoms with Crippen LogP contribution in [0.15, 0.2) is 72.8 Å². The first-order valence-corrected chi connectivity index (χ1v) is 10.5. The van der Waals surface area contributed by atoms with Gasteiger partial charge in [-0.15, -0.1) is 0 Å². The highest BCUT2D eigenvalue weighted by Gasteiger charge is 2.10. The molecule has 2 atom stereocenters. The second-order valence-electron chi connectivity index (χ2n) is 7.51. The minimum Gasteiger partial charge on any atom is -0.506 e. The molecule has 3 aromatic carbocycles. The summed E-state index contributed by atoms with van der Waals surface area (Å²) in [7, 11) is 0. The Hall–Kier alpha value is -3.39. The van der Waals surface area contributed by atoms with Gasteiger partial charge in [-0.25, -0.2) is 0 Å². The quantitative estimate of drug-likeness (QED) is 0.142. The molecule has 0 fully saturated rings. The summed E-state index contributed by atoms with van der Waals surface area (Å²) in [6.07, 6.45) is -0.0427. The van der Waals surface area contributed by atoms with E-state index in [2.05, 4.69) is 16.0 Å². The van der Waals surface area contributed by atoms with Crippen molar-refractivity contribution in [2.75, 3.05) is 30.3 Å².